The summed E-state index contributed by atoms with van der Waals surface area (Å²) in [6.45, 7) is 0. The Kier molecular flexibility index (Phi) is 3.30. The molecule has 0 fully saturated rings. The van der Waals surface area contributed by atoms with Crippen molar-refractivity contribution in [2.45, 2.75) is 0 Å². The lowest BCUT2D eigenvalue weighted by Gasteiger charge is -2.05. The van der Waals surface area contributed by atoms with E-state index in [1.165, 1.54) is 49.2 Å². The summed E-state index contributed by atoms with van der Waals surface area (Å²) in [6, 6.07) is 36.9. The summed E-state index contributed by atoms with van der Waals surface area (Å²) in [4.78, 5) is 4.57. The molecule has 0 aliphatic carbocycles. The van der Waals surface area contributed by atoms with Crippen molar-refractivity contribution in [3.05, 3.63) is 109 Å². The molecule has 0 saturated heterocycles. The van der Waals surface area contributed by atoms with Gasteiger partial charge in [0.2, 0.25) is 0 Å². The van der Waals surface area contributed by atoms with E-state index in [-0.39, 0.29) is 0 Å². The molecule has 0 bridgehead atoms. The Hall–Kier alpha value is -4.17. The maximum atomic E-state index is 4.57. The van der Waals surface area contributed by atoms with Crippen LogP contribution in [0.25, 0.3) is 60.5 Å². The number of rotatable bonds is 2. The fourth-order valence-corrected chi connectivity index (χ4v) is 4.99. The topological polar surface area (TPSA) is 17.3 Å². The van der Waals surface area contributed by atoms with Gasteiger partial charge in [-0.15, -0.1) is 0 Å². The number of pyridine rings is 1. The van der Waals surface area contributed by atoms with Gasteiger partial charge in [0.15, 0.2) is 0 Å². The summed E-state index contributed by atoms with van der Waals surface area (Å²) >= 11 is 0. The van der Waals surface area contributed by atoms with Crippen LogP contribution >= 0.6 is 0 Å². The molecule has 31 heavy (non-hydrogen) atoms. The second kappa shape index (κ2) is 6.16. The van der Waals surface area contributed by atoms with Crippen molar-refractivity contribution >= 4 is 38.1 Å². The molecular formula is C29H18N2. The molecule has 0 unspecified atom stereocenters. The SMILES string of the molecule is c1ccc(-c2cc3c4ccccc4n4c5ccc(-c6ccccn6)cc5c(c2)c34)cc1. The average Bonchev–Trinajstić information content (AvgIpc) is 3.36. The molecule has 0 radical (unpaired) electrons. The third kappa shape index (κ3) is 2.30. The average molecular weight is 394 g/mol. The van der Waals surface area contributed by atoms with Gasteiger partial charge in [-0.3, -0.25) is 4.98 Å². The molecule has 0 aliphatic rings. The highest BCUT2D eigenvalue weighted by Gasteiger charge is 2.19. The zero-order chi connectivity index (χ0) is 20.4. The molecule has 7 rings (SSSR count). The van der Waals surface area contributed by atoms with Crippen molar-refractivity contribution in [3.63, 3.8) is 0 Å². The Morgan fingerprint density at radius 2 is 1.19 bits per heavy atom. The maximum absolute atomic E-state index is 4.57. The Balaban J connectivity index is 1.66. The van der Waals surface area contributed by atoms with Crippen molar-refractivity contribution in [2.24, 2.45) is 0 Å². The predicted octanol–water partition coefficient (Wildman–Crippen LogP) is 7.57. The Morgan fingerprint density at radius 1 is 0.484 bits per heavy atom. The molecule has 0 spiro atoms. The number of aromatic nitrogens is 2. The first-order valence-corrected chi connectivity index (χ1v) is 10.6. The summed E-state index contributed by atoms with van der Waals surface area (Å²) in [5.74, 6) is 0. The van der Waals surface area contributed by atoms with Gasteiger partial charge >= 0.3 is 0 Å². The molecule has 7 aromatic rings. The molecule has 144 valence electrons. The first-order chi connectivity index (χ1) is 15.4. The van der Waals surface area contributed by atoms with Crippen LogP contribution in [0.5, 0.6) is 0 Å². The van der Waals surface area contributed by atoms with E-state index in [1.807, 2.05) is 18.3 Å². The lowest BCUT2D eigenvalue weighted by molar-refractivity contribution is 1.33. The number of hydrogen-bond donors (Lipinski definition) is 0. The summed E-state index contributed by atoms with van der Waals surface area (Å²) in [7, 11) is 0. The minimum atomic E-state index is 1.00. The molecule has 2 nitrogen and oxygen atoms in total. The monoisotopic (exact) mass is 394 g/mol. The highest BCUT2D eigenvalue weighted by atomic mass is 14.9. The van der Waals surface area contributed by atoms with Gasteiger partial charge in [-0.05, 0) is 53.6 Å². The van der Waals surface area contributed by atoms with Crippen molar-refractivity contribution in [1.82, 2.24) is 9.38 Å². The maximum Gasteiger partial charge on any atom is 0.0702 e. The minimum absolute atomic E-state index is 1.00. The fourth-order valence-electron chi connectivity index (χ4n) is 4.99. The van der Waals surface area contributed by atoms with Gasteiger partial charge < -0.3 is 4.40 Å². The quantitative estimate of drug-likeness (QED) is 0.296. The molecule has 0 saturated carbocycles. The first-order valence-electron chi connectivity index (χ1n) is 10.6. The van der Waals surface area contributed by atoms with Crippen molar-refractivity contribution in [2.75, 3.05) is 0 Å². The van der Waals surface area contributed by atoms with E-state index in [0.717, 1.165) is 11.3 Å². The second-order valence-corrected chi connectivity index (χ2v) is 8.09. The molecule has 3 aromatic heterocycles. The summed E-state index contributed by atoms with van der Waals surface area (Å²) in [5.41, 5.74) is 8.44. The van der Waals surface area contributed by atoms with Crippen molar-refractivity contribution in [3.8, 4) is 22.4 Å². The number of nitrogens with zero attached hydrogens (tertiary/aromatic N) is 2. The van der Waals surface area contributed by atoms with Gasteiger partial charge in [0, 0.05) is 33.3 Å². The fraction of sp³-hybridized carbons (Fsp3) is 0. The van der Waals surface area contributed by atoms with E-state index < -0.39 is 0 Å². The number of hydrogen-bond acceptors (Lipinski definition) is 1. The van der Waals surface area contributed by atoms with Crippen LogP contribution in [0.3, 0.4) is 0 Å². The molecular weight excluding hydrogens is 376 g/mol. The van der Waals surface area contributed by atoms with E-state index in [4.69, 9.17) is 0 Å². The van der Waals surface area contributed by atoms with E-state index in [2.05, 4.69) is 100 Å². The van der Waals surface area contributed by atoms with E-state index in [1.54, 1.807) is 0 Å². The van der Waals surface area contributed by atoms with Crippen LogP contribution in [0.2, 0.25) is 0 Å². The Morgan fingerprint density at radius 3 is 2.03 bits per heavy atom. The third-order valence-electron chi connectivity index (χ3n) is 6.36. The zero-order valence-corrected chi connectivity index (χ0v) is 16.8. The highest BCUT2D eigenvalue weighted by Crippen LogP contribution is 2.42. The van der Waals surface area contributed by atoms with Crippen LogP contribution < -0.4 is 0 Å². The van der Waals surface area contributed by atoms with E-state index >= 15 is 0 Å². The minimum Gasteiger partial charge on any atom is -0.308 e. The smallest absolute Gasteiger partial charge is 0.0702 e. The number of para-hydroxylation sites is 1. The second-order valence-electron chi connectivity index (χ2n) is 8.09. The predicted molar refractivity (Wildman–Crippen MR) is 130 cm³/mol. The van der Waals surface area contributed by atoms with Crippen LogP contribution in [0, 0.1) is 0 Å². The van der Waals surface area contributed by atoms with Gasteiger partial charge in [0.25, 0.3) is 0 Å². The van der Waals surface area contributed by atoms with Crippen LogP contribution in [0.1, 0.15) is 0 Å². The lowest BCUT2D eigenvalue weighted by Crippen LogP contribution is -1.83. The lowest BCUT2D eigenvalue weighted by atomic mass is 9.98. The standard InChI is InChI=1S/C29H18N2/c1-2-8-19(9-3-1)21-17-24-22-10-4-5-12-27(22)31-28-14-13-20(26-11-6-7-15-30-26)16-23(28)25(18-21)29(24)31/h1-18H. The first kappa shape index (κ1) is 16.6. The van der Waals surface area contributed by atoms with Gasteiger partial charge in [-0.25, -0.2) is 0 Å². The van der Waals surface area contributed by atoms with Crippen molar-refractivity contribution < 1.29 is 0 Å². The van der Waals surface area contributed by atoms with E-state index in [9.17, 15) is 0 Å². The number of fused-ring (bicyclic) bond motifs is 6. The molecule has 0 amide bonds. The molecule has 3 heterocycles. The Bertz CT molecular complexity index is 1710. The largest absolute Gasteiger partial charge is 0.308 e. The van der Waals surface area contributed by atoms with E-state index in [0.29, 0.717) is 0 Å². The Labute approximate surface area is 179 Å². The molecule has 2 heteroatoms. The molecule has 0 atom stereocenters. The van der Waals surface area contributed by atoms with Crippen LogP contribution in [0.4, 0.5) is 0 Å². The molecule has 4 aromatic carbocycles. The van der Waals surface area contributed by atoms with Crippen molar-refractivity contribution in [1.29, 1.82) is 0 Å². The molecule has 0 aliphatic heterocycles. The van der Waals surface area contributed by atoms with Gasteiger partial charge in [0.05, 0.1) is 22.2 Å². The highest BCUT2D eigenvalue weighted by molar-refractivity contribution is 6.24. The molecule has 0 N–H and O–H groups in total. The summed E-state index contributed by atoms with van der Waals surface area (Å²) in [6.07, 6.45) is 1.85. The summed E-state index contributed by atoms with van der Waals surface area (Å²) < 4.78 is 2.42. The normalized spacial score (nSPS) is 11.9. The third-order valence-corrected chi connectivity index (χ3v) is 6.36. The van der Waals surface area contributed by atoms with Crippen LogP contribution in [0.15, 0.2) is 109 Å². The van der Waals surface area contributed by atoms with Crippen LogP contribution in [-0.4, -0.2) is 9.38 Å². The van der Waals surface area contributed by atoms with Gasteiger partial charge in [-0.1, -0.05) is 60.7 Å². The number of benzene rings is 4. The zero-order valence-electron chi connectivity index (χ0n) is 16.8. The van der Waals surface area contributed by atoms with Crippen LogP contribution in [-0.2, 0) is 0 Å². The summed E-state index contributed by atoms with van der Waals surface area (Å²) in [5, 5.41) is 5.17. The van der Waals surface area contributed by atoms with Gasteiger partial charge in [-0.2, -0.15) is 0 Å². The van der Waals surface area contributed by atoms with Gasteiger partial charge in [0.1, 0.15) is 0 Å².